The Morgan fingerprint density at radius 1 is 1.15 bits per heavy atom. The molecule has 27 heavy (non-hydrogen) atoms. The number of halogens is 2. The summed E-state index contributed by atoms with van der Waals surface area (Å²) in [6.07, 6.45) is -0.921. The molecule has 9 heteroatoms. The predicted octanol–water partition coefficient (Wildman–Crippen LogP) is 5.28. The molecule has 0 atom stereocenters. The fourth-order valence-electron chi connectivity index (χ4n) is 2.40. The van der Waals surface area contributed by atoms with E-state index in [1.54, 1.807) is 19.2 Å². The maximum absolute atomic E-state index is 12.0. The van der Waals surface area contributed by atoms with Crippen LogP contribution in [0.4, 0.5) is 0 Å². The van der Waals surface area contributed by atoms with Crippen LogP contribution in [-0.2, 0) is 4.57 Å². The first-order valence-electron chi connectivity index (χ1n) is 7.94. The Bertz CT molecular complexity index is 884. The zero-order chi connectivity index (χ0) is 20.4. The van der Waals surface area contributed by atoms with E-state index in [0.29, 0.717) is 11.5 Å². The Morgan fingerprint density at radius 3 is 2.22 bits per heavy atom. The van der Waals surface area contributed by atoms with Crippen molar-refractivity contribution >= 4 is 36.6 Å². The van der Waals surface area contributed by atoms with E-state index in [2.05, 4.69) is 0 Å². The quantitative estimate of drug-likeness (QED) is 0.456. The topological polar surface area (TPSA) is 93.1 Å². The van der Waals surface area contributed by atoms with E-state index in [1.165, 1.54) is 12.1 Å². The van der Waals surface area contributed by atoms with E-state index in [0.717, 1.165) is 5.56 Å². The molecule has 2 N–H and O–H groups in total. The van der Waals surface area contributed by atoms with Crippen molar-refractivity contribution in [2.75, 3.05) is 13.3 Å². The number of carbonyl (C=O) groups is 1. The minimum absolute atomic E-state index is 0.000473. The number of ketones is 1. The van der Waals surface area contributed by atoms with Crippen molar-refractivity contribution in [1.29, 1.82) is 0 Å². The molecule has 0 radical (unpaired) electrons. The zero-order valence-electron chi connectivity index (χ0n) is 14.9. The summed E-state index contributed by atoms with van der Waals surface area (Å²) in [5.41, 5.74) is 0.877. The van der Waals surface area contributed by atoms with Gasteiger partial charge in [0.25, 0.3) is 0 Å². The summed E-state index contributed by atoms with van der Waals surface area (Å²) in [7, 11) is -2.92. The van der Waals surface area contributed by atoms with E-state index >= 15 is 0 Å². The highest BCUT2D eigenvalue weighted by Gasteiger charge is 2.23. The smallest absolute Gasteiger partial charge is 0.333 e. The average molecular weight is 433 g/mol. The first-order chi connectivity index (χ1) is 12.5. The molecule has 0 amide bonds. The first-order valence-corrected chi connectivity index (χ1v) is 10.5. The number of carbonyl (C=O) groups excluding carboxylic acids is 1. The van der Waals surface area contributed by atoms with Crippen LogP contribution in [0.3, 0.4) is 0 Å². The summed E-state index contributed by atoms with van der Waals surface area (Å²) in [6, 6.07) is 7.87. The maximum Gasteiger partial charge on any atom is 0.333 e. The molecule has 0 spiro atoms. The van der Waals surface area contributed by atoms with Gasteiger partial charge in [-0.2, -0.15) is 0 Å². The number of hydrogen-bond acceptors (Lipinski definition) is 4. The third kappa shape index (κ3) is 5.71. The second-order valence-corrected chi connectivity index (χ2v) is 8.64. The van der Waals surface area contributed by atoms with Crippen LogP contribution < -0.4 is 9.47 Å². The normalized spacial score (nSPS) is 11.6. The minimum atomic E-state index is -4.49. The molecule has 0 bridgehead atoms. The predicted molar refractivity (Wildman–Crippen MR) is 105 cm³/mol. The van der Waals surface area contributed by atoms with E-state index in [1.807, 2.05) is 19.9 Å². The lowest BCUT2D eigenvalue weighted by Gasteiger charge is -2.17. The van der Waals surface area contributed by atoms with Gasteiger partial charge in [-0.3, -0.25) is 9.36 Å². The third-order valence-corrected chi connectivity index (χ3v) is 4.98. The van der Waals surface area contributed by atoms with Gasteiger partial charge in [0.05, 0.1) is 17.2 Å². The van der Waals surface area contributed by atoms with Crippen LogP contribution >= 0.6 is 30.8 Å². The van der Waals surface area contributed by atoms with Crippen molar-refractivity contribution in [2.45, 2.75) is 19.8 Å². The molecule has 0 aliphatic carbocycles. The van der Waals surface area contributed by atoms with Crippen LogP contribution in [0.15, 0.2) is 30.3 Å². The molecule has 0 unspecified atom stereocenters. The summed E-state index contributed by atoms with van der Waals surface area (Å²) in [6.45, 7) is 3.99. The standard InChI is InChI=1S/C18H19Cl2O6P/c1-10(2)13-8-12(25-3)4-5-17(13)26-18-14(19)6-11(7-15(18)20)16(21)9-27(22,23)24/h4-8,10H,9H2,1-3H3,(H2,22,23,24). The highest BCUT2D eigenvalue weighted by molar-refractivity contribution is 7.52. The molecular weight excluding hydrogens is 414 g/mol. The summed E-state index contributed by atoms with van der Waals surface area (Å²) in [5, 5.41) is 0.115. The lowest BCUT2D eigenvalue weighted by Crippen LogP contribution is -2.06. The van der Waals surface area contributed by atoms with Gasteiger partial charge in [-0.1, -0.05) is 37.0 Å². The molecule has 0 saturated carbocycles. The van der Waals surface area contributed by atoms with Crippen molar-refractivity contribution in [2.24, 2.45) is 0 Å². The Morgan fingerprint density at radius 2 is 1.74 bits per heavy atom. The Kier molecular flexibility index (Phi) is 6.95. The lowest BCUT2D eigenvalue weighted by molar-refractivity contribution is 0.101. The second-order valence-electron chi connectivity index (χ2n) is 6.18. The number of ether oxygens (including phenoxy) is 2. The number of methoxy groups -OCH3 is 1. The number of rotatable bonds is 7. The van der Waals surface area contributed by atoms with E-state index in [4.69, 9.17) is 42.5 Å². The molecule has 2 aromatic carbocycles. The van der Waals surface area contributed by atoms with Crippen molar-refractivity contribution in [1.82, 2.24) is 0 Å². The molecule has 0 fully saturated rings. The fourth-order valence-corrected chi connectivity index (χ4v) is 3.53. The van der Waals surface area contributed by atoms with Crippen molar-refractivity contribution < 1.29 is 28.6 Å². The van der Waals surface area contributed by atoms with Crippen LogP contribution in [0.2, 0.25) is 10.0 Å². The van der Waals surface area contributed by atoms with Gasteiger partial charge >= 0.3 is 7.60 Å². The van der Waals surface area contributed by atoms with Crippen molar-refractivity contribution in [3.63, 3.8) is 0 Å². The van der Waals surface area contributed by atoms with Gasteiger partial charge in [0, 0.05) is 11.1 Å². The van der Waals surface area contributed by atoms with Crippen molar-refractivity contribution in [3.05, 3.63) is 51.5 Å². The summed E-state index contributed by atoms with van der Waals surface area (Å²) < 4.78 is 22.1. The van der Waals surface area contributed by atoms with Gasteiger partial charge in [-0.05, 0) is 36.2 Å². The minimum Gasteiger partial charge on any atom is -0.497 e. The second kappa shape index (κ2) is 8.63. The Hall–Kier alpha value is -1.56. The molecular formula is C18H19Cl2O6P. The van der Waals surface area contributed by atoms with Gasteiger partial charge in [-0.15, -0.1) is 0 Å². The van der Waals surface area contributed by atoms with Gasteiger partial charge in [-0.25, -0.2) is 0 Å². The molecule has 0 aliphatic rings. The van der Waals surface area contributed by atoms with Gasteiger partial charge < -0.3 is 19.3 Å². The molecule has 2 aromatic rings. The molecule has 0 aromatic heterocycles. The maximum atomic E-state index is 12.0. The van der Waals surface area contributed by atoms with E-state index in [-0.39, 0.29) is 27.3 Å². The van der Waals surface area contributed by atoms with E-state index < -0.39 is 19.5 Å². The van der Waals surface area contributed by atoms with E-state index in [9.17, 15) is 9.36 Å². The Labute approximate surface area is 167 Å². The number of benzene rings is 2. The van der Waals surface area contributed by atoms with Crippen LogP contribution in [0, 0.1) is 0 Å². The van der Waals surface area contributed by atoms with Gasteiger partial charge in [0.15, 0.2) is 11.5 Å². The first kappa shape index (κ1) is 21.7. The van der Waals surface area contributed by atoms with Crippen LogP contribution in [0.1, 0.15) is 35.7 Å². The summed E-state index contributed by atoms with van der Waals surface area (Å²) in [4.78, 5) is 29.9. The molecule has 0 heterocycles. The molecule has 6 nitrogen and oxygen atoms in total. The Balaban J connectivity index is 2.38. The molecule has 0 aliphatic heterocycles. The SMILES string of the molecule is COc1ccc(Oc2c(Cl)cc(C(=O)CP(=O)(O)O)cc2Cl)c(C(C)C)c1. The number of Topliss-reactive ketones (excluding diaryl/α,β-unsaturated/α-hetero) is 1. The highest BCUT2D eigenvalue weighted by Crippen LogP contribution is 2.41. The average Bonchev–Trinajstić information content (AvgIpc) is 2.56. The monoisotopic (exact) mass is 432 g/mol. The van der Waals surface area contributed by atoms with Crippen LogP contribution in [0.25, 0.3) is 0 Å². The summed E-state index contributed by atoms with van der Waals surface area (Å²) in [5.74, 6) is 0.742. The largest absolute Gasteiger partial charge is 0.497 e. The molecule has 0 saturated heterocycles. The zero-order valence-corrected chi connectivity index (χ0v) is 17.3. The van der Waals surface area contributed by atoms with Gasteiger partial charge in [0.2, 0.25) is 0 Å². The van der Waals surface area contributed by atoms with Crippen LogP contribution in [0.5, 0.6) is 17.2 Å². The van der Waals surface area contributed by atoms with Crippen molar-refractivity contribution in [3.8, 4) is 17.2 Å². The van der Waals surface area contributed by atoms with Crippen LogP contribution in [-0.4, -0.2) is 28.8 Å². The molecule has 2 rings (SSSR count). The highest BCUT2D eigenvalue weighted by atomic mass is 35.5. The fraction of sp³-hybridized carbons (Fsp3) is 0.278. The number of hydrogen-bond donors (Lipinski definition) is 2. The lowest BCUT2D eigenvalue weighted by atomic mass is 10.0. The summed E-state index contributed by atoms with van der Waals surface area (Å²) >= 11 is 12.4. The molecule has 146 valence electrons. The van der Waals surface area contributed by atoms with Gasteiger partial charge in [0.1, 0.15) is 17.7 Å². The third-order valence-electron chi connectivity index (χ3n) is 3.72.